The molecule has 2 aromatic heterocycles. The second kappa shape index (κ2) is 10.4. The van der Waals surface area contributed by atoms with Gasteiger partial charge in [-0.3, -0.25) is 14.9 Å². The smallest absolute Gasteiger partial charge is 0.350 e. The number of esters is 1. The van der Waals surface area contributed by atoms with Crippen LogP contribution < -0.4 is 15.5 Å². The lowest BCUT2D eigenvalue weighted by molar-refractivity contribution is -0.118. The van der Waals surface area contributed by atoms with Crippen LogP contribution in [0.2, 0.25) is 0 Å². The molecule has 198 valence electrons. The van der Waals surface area contributed by atoms with Gasteiger partial charge in [-0.25, -0.2) is 9.78 Å². The molecule has 9 heteroatoms. The van der Waals surface area contributed by atoms with E-state index >= 15 is 0 Å². The van der Waals surface area contributed by atoms with Crippen LogP contribution in [0.5, 0.6) is 5.75 Å². The SMILES string of the molecule is COC(=O)c1sc(NC(=O)COc2c(-c3ccc(C(C)(C)C)cc3)oc3cc(C)c(C)cc3c2=O)nc1C. The minimum absolute atomic E-state index is 0.0449. The number of amides is 1. The molecule has 0 radical (unpaired) electrons. The lowest BCUT2D eigenvalue weighted by Gasteiger charge is -2.19. The van der Waals surface area contributed by atoms with E-state index in [0.29, 0.717) is 27.1 Å². The number of carbonyl (C=O) groups is 2. The van der Waals surface area contributed by atoms with Crippen molar-refractivity contribution in [2.24, 2.45) is 0 Å². The van der Waals surface area contributed by atoms with E-state index in [2.05, 4.69) is 31.1 Å². The number of benzene rings is 2. The van der Waals surface area contributed by atoms with Crippen molar-refractivity contribution < 1.29 is 23.5 Å². The molecule has 4 rings (SSSR count). The van der Waals surface area contributed by atoms with Gasteiger partial charge < -0.3 is 13.9 Å². The Morgan fingerprint density at radius 2 is 1.71 bits per heavy atom. The summed E-state index contributed by atoms with van der Waals surface area (Å²) in [6, 6.07) is 11.3. The summed E-state index contributed by atoms with van der Waals surface area (Å²) in [6.45, 7) is 11.4. The second-order valence-electron chi connectivity index (χ2n) is 10.1. The fourth-order valence-electron chi connectivity index (χ4n) is 3.90. The Hall–Kier alpha value is -3.98. The van der Waals surface area contributed by atoms with Crippen molar-refractivity contribution in [3.8, 4) is 17.1 Å². The van der Waals surface area contributed by atoms with E-state index in [1.54, 1.807) is 13.0 Å². The van der Waals surface area contributed by atoms with Crippen molar-refractivity contribution in [2.75, 3.05) is 19.0 Å². The Labute approximate surface area is 224 Å². The summed E-state index contributed by atoms with van der Waals surface area (Å²) in [4.78, 5) is 42.6. The summed E-state index contributed by atoms with van der Waals surface area (Å²) in [6.07, 6.45) is 0. The molecule has 0 aliphatic heterocycles. The fourth-order valence-corrected chi connectivity index (χ4v) is 4.80. The molecule has 2 aromatic carbocycles. The predicted molar refractivity (Wildman–Crippen MR) is 148 cm³/mol. The third kappa shape index (κ3) is 5.47. The third-order valence-corrected chi connectivity index (χ3v) is 7.29. The van der Waals surface area contributed by atoms with Crippen LogP contribution in [-0.2, 0) is 14.9 Å². The van der Waals surface area contributed by atoms with Crippen LogP contribution in [0.4, 0.5) is 5.13 Å². The highest BCUT2D eigenvalue weighted by Crippen LogP contribution is 2.33. The van der Waals surface area contributed by atoms with Crippen LogP contribution in [0.15, 0.2) is 45.6 Å². The van der Waals surface area contributed by atoms with Gasteiger partial charge in [-0.2, -0.15) is 0 Å². The predicted octanol–water partition coefficient (Wildman–Crippen LogP) is 5.94. The van der Waals surface area contributed by atoms with E-state index in [9.17, 15) is 14.4 Å². The number of hydrogen-bond donors (Lipinski definition) is 1. The van der Waals surface area contributed by atoms with Gasteiger partial charge in [0.2, 0.25) is 11.2 Å². The average Bonchev–Trinajstić information content (AvgIpc) is 3.23. The number of aryl methyl sites for hydroxylation is 3. The first kappa shape index (κ1) is 27.1. The number of fused-ring (bicyclic) bond motifs is 1. The van der Waals surface area contributed by atoms with Crippen molar-refractivity contribution in [3.05, 3.63) is 73.9 Å². The monoisotopic (exact) mass is 534 g/mol. The number of thiazole rings is 1. The minimum Gasteiger partial charge on any atom is -0.476 e. The zero-order chi connectivity index (χ0) is 27.8. The number of nitrogens with zero attached hydrogens (tertiary/aromatic N) is 1. The van der Waals surface area contributed by atoms with E-state index in [-0.39, 0.29) is 27.5 Å². The lowest BCUT2D eigenvalue weighted by Crippen LogP contribution is -2.22. The molecular weight excluding hydrogens is 504 g/mol. The molecule has 0 saturated carbocycles. The van der Waals surface area contributed by atoms with E-state index in [1.807, 2.05) is 44.2 Å². The molecule has 0 aliphatic rings. The summed E-state index contributed by atoms with van der Waals surface area (Å²) < 4.78 is 16.8. The highest BCUT2D eigenvalue weighted by molar-refractivity contribution is 7.17. The van der Waals surface area contributed by atoms with Gasteiger partial charge in [0.05, 0.1) is 18.2 Å². The maximum absolute atomic E-state index is 13.6. The van der Waals surface area contributed by atoms with E-state index in [0.717, 1.165) is 28.0 Å². The number of rotatable bonds is 6. The molecule has 0 saturated heterocycles. The number of anilines is 1. The molecule has 0 fully saturated rings. The molecule has 0 atom stereocenters. The summed E-state index contributed by atoms with van der Waals surface area (Å²) >= 11 is 1.000. The van der Waals surface area contributed by atoms with Crippen molar-refractivity contribution >= 4 is 39.3 Å². The Morgan fingerprint density at radius 3 is 2.34 bits per heavy atom. The average molecular weight is 535 g/mol. The van der Waals surface area contributed by atoms with Crippen LogP contribution in [0, 0.1) is 20.8 Å². The first-order valence-electron chi connectivity index (χ1n) is 12.1. The topological polar surface area (TPSA) is 108 Å². The van der Waals surface area contributed by atoms with Crippen LogP contribution in [0.25, 0.3) is 22.3 Å². The van der Waals surface area contributed by atoms with Gasteiger partial charge in [0.1, 0.15) is 10.5 Å². The second-order valence-corrected chi connectivity index (χ2v) is 11.1. The van der Waals surface area contributed by atoms with E-state index < -0.39 is 18.5 Å². The highest BCUT2D eigenvalue weighted by Gasteiger charge is 2.22. The zero-order valence-electron chi connectivity index (χ0n) is 22.5. The Morgan fingerprint density at radius 1 is 1.05 bits per heavy atom. The molecule has 1 N–H and O–H groups in total. The van der Waals surface area contributed by atoms with Gasteiger partial charge in [0.25, 0.3) is 5.91 Å². The van der Waals surface area contributed by atoms with Crippen molar-refractivity contribution in [2.45, 2.75) is 47.0 Å². The van der Waals surface area contributed by atoms with E-state index in [1.165, 1.54) is 7.11 Å². The number of methoxy groups -OCH3 is 1. The maximum atomic E-state index is 13.6. The van der Waals surface area contributed by atoms with Crippen LogP contribution in [0.3, 0.4) is 0 Å². The van der Waals surface area contributed by atoms with Crippen molar-refractivity contribution in [1.82, 2.24) is 4.98 Å². The van der Waals surface area contributed by atoms with Crippen LogP contribution in [0.1, 0.15) is 52.8 Å². The molecule has 0 aliphatic carbocycles. The Bertz CT molecular complexity index is 1590. The van der Waals surface area contributed by atoms with Crippen molar-refractivity contribution in [1.29, 1.82) is 0 Å². The zero-order valence-corrected chi connectivity index (χ0v) is 23.3. The van der Waals surface area contributed by atoms with Gasteiger partial charge in [-0.15, -0.1) is 0 Å². The summed E-state index contributed by atoms with van der Waals surface area (Å²) in [5.74, 6) is -0.871. The standard InChI is InChI=1S/C29H30N2O6S/c1-15-12-20-21(13-16(15)2)37-24(18-8-10-19(11-9-18)29(4,5)6)25(23(20)33)36-14-22(32)31-28-30-17(3)26(38-28)27(34)35-7/h8-13H,14H2,1-7H3,(H,30,31,32). The van der Waals surface area contributed by atoms with Gasteiger partial charge in [0, 0.05) is 5.56 Å². The van der Waals surface area contributed by atoms with E-state index in [4.69, 9.17) is 13.9 Å². The molecule has 2 heterocycles. The summed E-state index contributed by atoms with van der Waals surface area (Å²) in [5, 5.41) is 3.21. The largest absolute Gasteiger partial charge is 0.476 e. The summed E-state index contributed by atoms with van der Waals surface area (Å²) in [5.41, 5.74) is 4.20. The highest BCUT2D eigenvalue weighted by atomic mass is 32.1. The molecule has 4 aromatic rings. The lowest BCUT2D eigenvalue weighted by atomic mass is 9.86. The number of ether oxygens (including phenoxy) is 2. The van der Waals surface area contributed by atoms with Gasteiger partial charge in [-0.05, 0) is 55.0 Å². The fraction of sp³-hybridized carbons (Fsp3) is 0.310. The van der Waals surface area contributed by atoms with Crippen molar-refractivity contribution in [3.63, 3.8) is 0 Å². The number of hydrogen-bond acceptors (Lipinski definition) is 8. The first-order chi connectivity index (χ1) is 17.9. The van der Waals surface area contributed by atoms with Gasteiger partial charge in [-0.1, -0.05) is 56.4 Å². The first-order valence-corrected chi connectivity index (χ1v) is 12.9. The molecule has 0 bridgehead atoms. The van der Waals surface area contributed by atoms with Gasteiger partial charge in [0.15, 0.2) is 17.5 Å². The molecule has 0 spiro atoms. The molecular formula is C29H30N2O6S. The minimum atomic E-state index is -0.538. The molecule has 38 heavy (non-hydrogen) atoms. The third-order valence-electron chi connectivity index (χ3n) is 6.24. The normalized spacial score (nSPS) is 11.4. The van der Waals surface area contributed by atoms with Gasteiger partial charge >= 0.3 is 5.97 Å². The molecule has 1 amide bonds. The number of nitrogens with one attached hydrogen (secondary N) is 1. The van der Waals surface area contributed by atoms with Crippen LogP contribution in [-0.4, -0.2) is 30.6 Å². The van der Waals surface area contributed by atoms with Crippen LogP contribution >= 0.6 is 11.3 Å². The number of carbonyl (C=O) groups excluding carboxylic acids is 2. The molecule has 8 nitrogen and oxygen atoms in total. The molecule has 0 unspecified atom stereocenters. The maximum Gasteiger partial charge on any atom is 0.350 e. The quantitative estimate of drug-likeness (QED) is 0.305. The Balaban J connectivity index is 1.69. The number of aromatic nitrogens is 1. The Kier molecular flexibility index (Phi) is 7.42. The summed E-state index contributed by atoms with van der Waals surface area (Å²) in [7, 11) is 1.28.